The number of rotatable bonds is 3. The molecule has 0 amide bonds. The molecule has 30 heavy (non-hydrogen) atoms. The van der Waals surface area contributed by atoms with Gasteiger partial charge in [-0.05, 0) is 135 Å². The molecule has 158 valence electrons. The highest BCUT2D eigenvalue weighted by molar-refractivity contribution is 5.45. The van der Waals surface area contributed by atoms with Gasteiger partial charge in [-0.1, -0.05) is 24.3 Å². The molecule has 0 heterocycles. The van der Waals surface area contributed by atoms with Gasteiger partial charge >= 0.3 is 0 Å². The van der Waals surface area contributed by atoms with Crippen LogP contribution >= 0.6 is 0 Å². The van der Waals surface area contributed by atoms with E-state index >= 15 is 0 Å². The molecule has 0 fully saturated rings. The molecule has 2 atom stereocenters. The van der Waals surface area contributed by atoms with E-state index in [-0.39, 0.29) is 0 Å². The molecule has 2 N–H and O–H groups in total. The molecule has 0 aromatic heterocycles. The van der Waals surface area contributed by atoms with E-state index in [4.69, 9.17) is 0 Å². The number of allylic oxidation sites excluding steroid dienone is 4. The average Bonchev–Trinajstić information content (AvgIpc) is 2.74. The standard InChI is InChI=1S/C28H34O2/c1-17-15-27(29)19(3)13-25(17)23-9-5-21(6-10-23)22-7-11-24(12-8-22)26-14-20(4)28(30)16-18(26)2/h5,7,13-16,23-24,29-30H,6,8-12H2,1-4H3. The Morgan fingerprint density at radius 1 is 0.600 bits per heavy atom. The van der Waals surface area contributed by atoms with E-state index in [9.17, 15) is 10.2 Å². The summed E-state index contributed by atoms with van der Waals surface area (Å²) < 4.78 is 0. The third kappa shape index (κ3) is 4.05. The average molecular weight is 403 g/mol. The molecule has 0 radical (unpaired) electrons. The second-order valence-corrected chi connectivity index (χ2v) is 9.39. The fraction of sp³-hybridized carbons (Fsp3) is 0.429. The van der Waals surface area contributed by atoms with E-state index in [1.165, 1.54) is 35.1 Å². The molecule has 2 aliphatic carbocycles. The molecule has 0 spiro atoms. The topological polar surface area (TPSA) is 40.5 Å². The van der Waals surface area contributed by atoms with Gasteiger partial charge in [0.25, 0.3) is 0 Å². The van der Waals surface area contributed by atoms with Gasteiger partial charge in [0, 0.05) is 0 Å². The molecule has 2 unspecified atom stereocenters. The highest BCUT2D eigenvalue weighted by atomic mass is 16.3. The number of hydrogen-bond donors (Lipinski definition) is 2. The first kappa shape index (κ1) is 20.8. The zero-order chi connectivity index (χ0) is 21.4. The normalized spacial score (nSPS) is 21.9. The number of aryl methyl sites for hydroxylation is 4. The fourth-order valence-corrected chi connectivity index (χ4v) is 5.34. The number of phenolic OH excluding ortho intramolecular Hbond substituents is 2. The van der Waals surface area contributed by atoms with Gasteiger partial charge < -0.3 is 10.2 Å². The SMILES string of the molecule is Cc1cc(C2CC=C(C3=CCC(c4cc(C)c(O)cc4C)CC3)CC2)c(C)cc1O. The summed E-state index contributed by atoms with van der Waals surface area (Å²) in [5, 5.41) is 19.9. The van der Waals surface area contributed by atoms with E-state index < -0.39 is 0 Å². The summed E-state index contributed by atoms with van der Waals surface area (Å²) in [7, 11) is 0. The Balaban J connectivity index is 1.46. The van der Waals surface area contributed by atoms with Crippen molar-refractivity contribution >= 4 is 0 Å². The molecular weight excluding hydrogens is 368 g/mol. The second-order valence-electron chi connectivity index (χ2n) is 9.39. The zero-order valence-corrected chi connectivity index (χ0v) is 18.8. The minimum Gasteiger partial charge on any atom is -0.508 e. The molecule has 0 saturated heterocycles. The van der Waals surface area contributed by atoms with Gasteiger partial charge in [0.1, 0.15) is 11.5 Å². The highest BCUT2D eigenvalue weighted by Crippen LogP contribution is 2.42. The van der Waals surface area contributed by atoms with Crippen molar-refractivity contribution in [3.8, 4) is 11.5 Å². The van der Waals surface area contributed by atoms with Crippen LogP contribution in [-0.4, -0.2) is 10.2 Å². The van der Waals surface area contributed by atoms with Crippen molar-refractivity contribution in [3.05, 3.63) is 80.9 Å². The summed E-state index contributed by atoms with van der Waals surface area (Å²) in [4.78, 5) is 0. The maximum absolute atomic E-state index is 9.95. The van der Waals surface area contributed by atoms with E-state index in [1.54, 1.807) is 11.1 Å². The number of aromatic hydroxyl groups is 2. The van der Waals surface area contributed by atoms with E-state index in [2.05, 4.69) is 38.1 Å². The summed E-state index contributed by atoms with van der Waals surface area (Å²) >= 11 is 0. The molecule has 2 heteroatoms. The summed E-state index contributed by atoms with van der Waals surface area (Å²) in [6, 6.07) is 8.20. The minimum absolute atomic E-state index is 0.407. The van der Waals surface area contributed by atoms with Crippen LogP contribution in [0.4, 0.5) is 0 Å². The van der Waals surface area contributed by atoms with Crippen molar-refractivity contribution < 1.29 is 10.2 Å². The first-order valence-electron chi connectivity index (χ1n) is 11.3. The number of hydrogen-bond acceptors (Lipinski definition) is 2. The van der Waals surface area contributed by atoms with E-state index in [0.717, 1.165) is 36.8 Å². The summed E-state index contributed by atoms with van der Waals surface area (Å²) in [6.45, 7) is 8.21. The molecular formula is C28H34O2. The maximum Gasteiger partial charge on any atom is 0.118 e. The van der Waals surface area contributed by atoms with Gasteiger partial charge in [0.15, 0.2) is 0 Å². The molecule has 2 aromatic rings. The predicted molar refractivity (Wildman–Crippen MR) is 125 cm³/mol. The van der Waals surface area contributed by atoms with Crippen LogP contribution in [0.5, 0.6) is 11.5 Å². The van der Waals surface area contributed by atoms with Crippen molar-refractivity contribution in [2.75, 3.05) is 0 Å². The quantitative estimate of drug-likeness (QED) is 0.561. The van der Waals surface area contributed by atoms with Crippen LogP contribution in [0.2, 0.25) is 0 Å². The van der Waals surface area contributed by atoms with Crippen molar-refractivity contribution in [3.63, 3.8) is 0 Å². The second kappa shape index (κ2) is 8.34. The molecule has 2 nitrogen and oxygen atoms in total. The fourth-order valence-electron chi connectivity index (χ4n) is 5.34. The Labute approximate surface area is 181 Å². The Morgan fingerprint density at radius 2 is 1.00 bits per heavy atom. The van der Waals surface area contributed by atoms with Crippen LogP contribution in [0.25, 0.3) is 0 Å². The van der Waals surface area contributed by atoms with Gasteiger partial charge in [-0.25, -0.2) is 0 Å². The Hall–Kier alpha value is -2.48. The lowest BCUT2D eigenvalue weighted by atomic mass is 9.76. The summed E-state index contributed by atoms with van der Waals surface area (Å²) in [6.07, 6.45) is 11.8. The first-order chi connectivity index (χ1) is 14.3. The predicted octanol–water partition coefficient (Wildman–Crippen LogP) is 7.42. The van der Waals surface area contributed by atoms with Gasteiger partial charge in [0.2, 0.25) is 0 Å². The summed E-state index contributed by atoms with van der Waals surface area (Å²) in [5.41, 5.74) is 10.3. The molecule has 0 saturated carbocycles. The van der Waals surface area contributed by atoms with Gasteiger partial charge in [0.05, 0.1) is 0 Å². The molecule has 0 bridgehead atoms. The van der Waals surface area contributed by atoms with E-state index in [1.807, 2.05) is 26.0 Å². The van der Waals surface area contributed by atoms with Crippen LogP contribution in [0, 0.1) is 27.7 Å². The Morgan fingerprint density at radius 3 is 1.33 bits per heavy atom. The van der Waals surface area contributed by atoms with Gasteiger partial charge in [-0.15, -0.1) is 0 Å². The van der Waals surface area contributed by atoms with Crippen molar-refractivity contribution in [1.82, 2.24) is 0 Å². The molecule has 0 aliphatic heterocycles. The first-order valence-corrected chi connectivity index (χ1v) is 11.3. The van der Waals surface area contributed by atoms with Crippen LogP contribution in [0.15, 0.2) is 47.6 Å². The van der Waals surface area contributed by atoms with Crippen molar-refractivity contribution in [2.24, 2.45) is 0 Å². The Bertz CT molecular complexity index is 942. The van der Waals surface area contributed by atoms with Crippen molar-refractivity contribution in [2.45, 2.75) is 78.1 Å². The third-order valence-corrected chi connectivity index (χ3v) is 7.28. The van der Waals surface area contributed by atoms with Crippen LogP contribution < -0.4 is 0 Å². The van der Waals surface area contributed by atoms with E-state index in [0.29, 0.717) is 23.3 Å². The maximum atomic E-state index is 9.95. The van der Waals surface area contributed by atoms with Crippen molar-refractivity contribution in [1.29, 1.82) is 0 Å². The lowest BCUT2D eigenvalue weighted by Gasteiger charge is -2.29. The molecule has 2 aliphatic rings. The monoisotopic (exact) mass is 402 g/mol. The lowest BCUT2D eigenvalue weighted by molar-refractivity contribution is 0.469. The van der Waals surface area contributed by atoms with Crippen LogP contribution in [0.3, 0.4) is 0 Å². The van der Waals surface area contributed by atoms with Crippen LogP contribution in [0.1, 0.15) is 83.7 Å². The third-order valence-electron chi connectivity index (χ3n) is 7.28. The largest absolute Gasteiger partial charge is 0.508 e. The molecule has 4 rings (SSSR count). The zero-order valence-electron chi connectivity index (χ0n) is 18.8. The number of phenols is 2. The molecule has 2 aromatic carbocycles. The number of benzene rings is 2. The van der Waals surface area contributed by atoms with Gasteiger partial charge in [-0.2, -0.15) is 0 Å². The summed E-state index contributed by atoms with van der Waals surface area (Å²) in [5.74, 6) is 1.94. The van der Waals surface area contributed by atoms with Gasteiger partial charge in [-0.3, -0.25) is 0 Å². The lowest BCUT2D eigenvalue weighted by Crippen LogP contribution is -2.11. The minimum atomic E-state index is 0.407. The highest BCUT2D eigenvalue weighted by Gasteiger charge is 2.24. The smallest absolute Gasteiger partial charge is 0.118 e. The van der Waals surface area contributed by atoms with Crippen LogP contribution in [-0.2, 0) is 0 Å². The Kier molecular flexibility index (Phi) is 5.77.